The predicted octanol–water partition coefficient (Wildman–Crippen LogP) is 16.4. The molecule has 0 radical (unpaired) electrons. The summed E-state index contributed by atoms with van der Waals surface area (Å²) in [5.74, 6) is 1.59. The second-order valence-corrected chi connectivity index (χ2v) is 25.3. The quantitative estimate of drug-likeness (QED) is 0.0385. The minimum Gasteiger partial charge on any atom is -0.493 e. The first-order valence-electron chi connectivity index (χ1n) is 34.1. The van der Waals surface area contributed by atoms with Crippen LogP contribution in [0.25, 0.3) is 0 Å². The fourth-order valence-electron chi connectivity index (χ4n) is 11.0. The van der Waals surface area contributed by atoms with Crippen LogP contribution in [0.4, 0.5) is 0 Å². The molecule has 107 heavy (non-hydrogen) atoms. The summed E-state index contributed by atoms with van der Waals surface area (Å²) in [4.78, 5) is 76.6. The highest BCUT2D eigenvalue weighted by molar-refractivity contribution is 6.34. The van der Waals surface area contributed by atoms with Crippen molar-refractivity contribution in [2.75, 3.05) is 54.6 Å². The van der Waals surface area contributed by atoms with Gasteiger partial charge in [0.25, 0.3) is 17.7 Å². The number of aromatic nitrogens is 2. The number of nitrogens with zero attached hydrogens (tertiary/aromatic N) is 5. The van der Waals surface area contributed by atoms with Crippen LogP contribution in [0.15, 0.2) is 255 Å². The summed E-state index contributed by atoms with van der Waals surface area (Å²) in [6, 6.07) is 72.8. The molecular formula is C85H81Cl3N6O13. The first-order valence-corrected chi connectivity index (χ1v) is 35.2. The van der Waals surface area contributed by atoms with Gasteiger partial charge in [0.2, 0.25) is 0 Å². The Morgan fingerprint density at radius 2 is 0.701 bits per heavy atom. The van der Waals surface area contributed by atoms with Gasteiger partial charge in [-0.2, -0.15) is 0 Å². The number of halogens is 3. The second-order valence-electron chi connectivity index (χ2n) is 24.0. The van der Waals surface area contributed by atoms with Crippen molar-refractivity contribution in [1.82, 2.24) is 24.7 Å². The largest absolute Gasteiger partial charge is 0.493 e. The van der Waals surface area contributed by atoms with E-state index in [9.17, 15) is 24.0 Å². The molecule has 0 aliphatic rings. The molecule has 0 unspecified atom stereocenters. The van der Waals surface area contributed by atoms with Crippen LogP contribution in [0.1, 0.15) is 96.6 Å². The highest BCUT2D eigenvalue weighted by atomic mass is 35.5. The molecule has 550 valence electrons. The Balaban J connectivity index is 0.000000187. The van der Waals surface area contributed by atoms with Crippen LogP contribution >= 0.6 is 34.8 Å². The zero-order valence-corrected chi connectivity index (χ0v) is 61.8. The van der Waals surface area contributed by atoms with Crippen molar-refractivity contribution in [3.8, 4) is 34.5 Å². The van der Waals surface area contributed by atoms with Gasteiger partial charge in [-0.05, 0) is 155 Å². The minimum absolute atomic E-state index is 0.158. The molecule has 2 aromatic heterocycles. The van der Waals surface area contributed by atoms with E-state index in [1.807, 2.05) is 127 Å². The fraction of sp³-hybridized carbons (Fsp3) is 0.188. The molecule has 19 nitrogen and oxygen atoms in total. The first kappa shape index (κ1) is 79.4. The molecule has 0 aliphatic heterocycles. The van der Waals surface area contributed by atoms with Gasteiger partial charge in [-0.25, -0.2) is 9.59 Å². The van der Waals surface area contributed by atoms with Crippen LogP contribution in [0.5, 0.6) is 34.5 Å². The summed E-state index contributed by atoms with van der Waals surface area (Å²) in [7, 11) is 6.08. The Morgan fingerprint density at radius 1 is 0.374 bits per heavy atom. The third-order valence-electron chi connectivity index (χ3n) is 16.7. The molecule has 0 aliphatic carbocycles. The number of benzene rings is 9. The Labute approximate surface area is 637 Å². The maximum atomic E-state index is 13.5. The number of amides is 3. The molecule has 0 saturated carbocycles. The van der Waals surface area contributed by atoms with Crippen LogP contribution in [0, 0.1) is 0 Å². The molecule has 3 N–H and O–H groups in total. The molecule has 3 amide bonds. The van der Waals surface area contributed by atoms with E-state index in [1.54, 1.807) is 152 Å². The number of hydrogen-bond donors (Lipinski definition) is 2. The zero-order valence-electron chi connectivity index (χ0n) is 59.5. The smallest absolute Gasteiger partial charge is 0.337 e. The molecule has 0 bridgehead atoms. The molecule has 11 rings (SSSR count). The summed E-state index contributed by atoms with van der Waals surface area (Å²) >= 11 is 18.9. The van der Waals surface area contributed by atoms with Crippen molar-refractivity contribution in [2.24, 2.45) is 5.73 Å². The van der Waals surface area contributed by atoms with Crippen LogP contribution in [0.3, 0.4) is 0 Å². The van der Waals surface area contributed by atoms with E-state index in [2.05, 4.69) is 9.97 Å². The second kappa shape index (κ2) is 41.1. The molecule has 11 aromatic rings. The molecular weight excluding hydrogens is 1420 g/mol. The van der Waals surface area contributed by atoms with Gasteiger partial charge in [-0.15, -0.1) is 0 Å². The monoisotopic (exact) mass is 1500 g/mol. The number of carboxylic acid groups (broad SMARTS) is 1. The van der Waals surface area contributed by atoms with E-state index < -0.39 is 5.97 Å². The minimum atomic E-state index is -0.975. The Morgan fingerprint density at radius 3 is 1.03 bits per heavy atom. The van der Waals surface area contributed by atoms with Gasteiger partial charge in [-0.3, -0.25) is 24.4 Å². The van der Waals surface area contributed by atoms with E-state index >= 15 is 0 Å². The van der Waals surface area contributed by atoms with Crippen molar-refractivity contribution in [3.05, 3.63) is 343 Å². The van der Waals surface area contributed by atoms with Crippen molar-refractivity contribution in [1.29, 1.82) is 0 Å². The zero-order chi connectivity index (χ0) is 75.9. The third kappa shape index (κ3) is 23.6. The Bertz CT molecular complexity index is 4720. The summed E-state index contributed by atoms with van der Waals surface area (Å²) in [5.41, 5.74) is 15.0. The number of hydrogen-bond acceptors (Lipinski definition) is 15. The third-order valence-corrected chi connectivity index (χ3v) is 17.7. The van der Waals surface area contributed by atoms with Gasteiger partial charge in [0.05, 0.1) is 71.3 Å². The number of esters is 1. The van der Waals surface area contributed by atoms with E-state index in [0.717, 1.165) is 44.8 Å². The molecule has 9 aromatic carbocycles. The summed E-state index contributed by atoms with van der Waals surface area (Å²) < 4.78 is 39.2. The van der Waals surface area contributed by atoms with Gasteiger partial charge in [-0.1, -0.05) is 156 Å². The number of pyridine rings is 2. The van der Waals surface area contributed by atoms with Gasteiger partial charge in [0.15, 0.2) is 34.5 Å². The lowest BCUT2D eigenvalue weighted by molar-refractivity contribution is 0.0598. The number of methoxy groups -OCH3 is 4. The molecule has 0 fully saturated rings. The maximum absolute atomic E-state index is 13.5. The Kier molecular flexibility index (Phi) is 30.5. The number of nitrogens with two attached hydrogens (primary N) is 1. The van der Waals surface area contributed by atoms with Gasteiger partial charge < -0.3 is 58.7 Å². The highest BCUT2D eigenvalue weighted by Gasteiger charge is 2.24. The molecule has 22 heteroatoms. The molecule has 0 spiro atoms. The van der Waals surface area contributed by atoms with E-state index in [4.69, 9.17) is 78.8 Å². The van der Waals surface area contributed by atoms with Crippen LogP contribution in [-0.2, 0) is 57.0 Å². The number of carbonyl (C=O) groups is 5. The summed E-state index contributed by atoms with van der Waals surface area (Å²) in [6.45, 7) is 3.74. The fourth-order valence-corrected chi connectivity index (χ4v) is 11.7. The average molecular weight is 1500 g/mol. The SMILES string of the molecule is COC(=O)c1ccc(COc2ccc(CN(CCc3ccccn3)C(=O)c3ccccc3Cl)cc2OC)cc1.COc1cc(CN(CCN)C(=O)c2ccccc2Cl)ccc1OCc1ccccc1.COc1cc(CN(CCc2ccccn2)C(=O)c2ccccc2Cl)ccc1OCc1ccc(C(=O)O)cc1. The normalized spacial score (nSPS) is 10.5. The van der Waals surface area contributed by atoms with Crippen LogP contribution in [-0.4, -0.2) is 114 Å². The summed E-state index contributed by atoms with van der Waals surface area (Å²) in [6.07, 6.45) is 4.67. The average Bonchev–Trinajstić information content (AvgIpc) is 0.839. The standard InChI is InChI=1S/C31H29ClN2O5.C30H27ClN2O5.C24H25ClN2O3/c1-37-29-19-23(12-15-28(29)39-21-22-10-13-24(14-11-22)31(36)38-2)20-34(18-16-25-7-5-6-17-33-25)30(35)26-8-3-4-9-27(26)32;1-37-28-18-22(11-14-27(28)38-20-21-9-12-23(13-10-21)30(35)36)19-33(17-15-24-6-4-5-16-32-24)29(34)25-7-2-3-8-26(25)31;1-29-23-15-19(11-12-22(23)30-17-18-7-3-2-4-8-18)16-27(14-13-26)24(28)20-9-5-6-10-21(20)25/h3-15,17,19H,16,18,20-21H2,1-2H3;2-14,16,18H,15,17,19-20H2,1H3,(H,35,36);2-12,15H,13-14,16-17,26H2,1H3. The van der Waals surface area contributed by atoms with Crippen LogP contribution < -0.4 is 34.2 Å². The molecule has 2 heterocycles. The lowest BCUT2D eigenvalue weighted by atomic mass is 10.1. The maximum Gasteiger partial charge on any atom is 0.337 e. The van der Waals surface area contributed by atoms with Gasteiger partial charge >= 0.3 is 11.9 Å². The molecule has 0 atom stereocenters. The van der Waals surface area contributed by atoms with Crippen molar-refractivity contribution in [3.63, 3.8) is 0 Å². The van der Waals surface area contributed by atoms with E-state index in [1.165, 1.54) is 19.2 Å². The Hall–Kier alpha value is -11.7. The number of aromatic carboxylic acids is 1. The van der Waals surface area contributed by atoms with Crippen LogP contribution in [0.2, 0.25) is 15.1 Å². The van der Waals surface area contributed by atoms with E-state index in [-0.39, 0.29) is 35.9 Å². The predicted molar refractivity (Wildman–Crippen MR) is 413 cm³/mol. The van der Waals surface area contributed by atoms with Crippen molar-refractivity contribution < 1.29 is 62.2 Å². The van der Waals surface area contributed by atoms with E-state index in [0.29, 0.717) is 144 Å². The lowest BCUT2D eigenvalue weighted by Crippen LogP contribution is -2.35. The number of rotatable bonds is 31. The van der Waals surface area contributed by atoms with Crippen molar-refractivity contribution >= 4 is 64.5 Å². The lowest BCUT2D eigenvalue weighted by Gasteiger charge is -2.24. The number of carboxylic acids is 1. The van der Waals surface area contributed by atoms with Gasteiger partial charge in [0.1, 0.15) is 19.8 Å². The van der Waals surface area contributed by atoms with Gasteiger partial charge in [0, 0.05) is 82.4 Å². The van der Waals surface area contributed by atoms with Crippen molar-refractivity contribution in [2.45, 2.75) is 52.3 Å². The number of ether oxygens (including phenoxy) is 7. The number of carbonyl (C=O) groups excluding carboxylic acids is 4. The summed E-state index contributed by atoms with van der Waals surface area (Å²) in [5, 5.41) is 10.3. The topological polar surface area (TPSA) is 232 Å². The first-order chi connectivity index (χ1) is 52.0. The molecule has 0 saturated heterocycles. The highest BCUT2D eigenvalue weighted by Crippen LogP contribution is 2.34.